The predicted molar refractivity (Wildman–Crippen MR) is 81.8 cm³/mol. The van der Waals surface area contributed by atoms with Crippen molar-refractivity contribution in [2.24, 2.45) is 0 Å². The Morgan fingerprint density at radius 2 is 2.15 bits per heavy atom. The lowest BCUT2D eigenvalue weighted by Crippen LogP contribution is -2.57. The molecule has 0 aliphatic carbocycles. The lowest BCUT2D eigenvalue weighted by atomic mass is 9.92. The zero-order valence-electron chi connectivity index (χ0n) is 13.9. The van der Waals surface area contributed by atoms with Crippen molar-refractivity contribution < 1.29 is 9.53 Å². The van der Waals surface area contributed by atoms with Gasteiger partial charge in [0.15, 0.2) is 0 Å². The van der Waals surface area contributed by atoms with Crippen LogP contribution in [-0.4, -0.2) is 73.7 Å². The van der Waals surface area contributed by atoms with E-state index in [1.165, 1.54) is 7.11 Å². The summed E-state index contributed by atoms with van der Waals surface area (Å²) in [6.07, 6.45) is 0.768. The maximum Gasteiger partial charge on any atom is 0.325 e. The molecule has 0 aromatic carbocycles. The van der Waals surface area contributed by atoms with Gasteiger partial charge in [-0.05, 0) is 40.8 Å². The SMILES string of the molecule is CCNC(C)(CC(C)N1CCN(C)C(C)C1)C(=O)OC. The van der Waals surface area contributed by atoms with E-state index in [2.05, 4.69) is 36.0 Å². The first-order valence-electron chi connectivity index (χ1n) is 7.61. The van der Waals surface area contributed by atoms with Crippen molar-refractivity contribution in [1.29, 1.82) is 0 Å². The molecule has 1 rings (SSSR count). The van der Waals surface area contributed by atoms with Crippen molar-refractivity contribution in [2.45, 2.75) is 51.7 Å². The number of nitrogens with zero attached hydrogens (tertiary/aromatic N) is 2. The van der Waals surface area contributed by atoms with E-state index < -0.39 is 5.54 Å². The number of nitrogens with one attached hydrogen (secondary N) is 1. The number of rotatable bonds is 6. The molecule has 3 atom stereocenters. The van der Waals surface area contributed by atoms with E-state index in [1.54, 1.807) is 0 Å². The van der Waals surface area contributed by atoms with Crippen LogP contribution in [0, 0.1) is 0 Å². The first-order valence-corrected chi connectivity index (χ1v) is 7.61. The van der Waals surface area contributed by atoms with Crippen LogP contribution in [0.2, 0.25) is 0 Å². The van der Waals surface area contributed by atoms with Gasteiger partial charge in [-0.1, -0.05) is 6.92 Å². The summed E-state index contributed by atoms with van der Waals surface area (Å²) >= 11 is 0. The first-order chi connectivity index (χ1) is 9.34. The third kappa shape index (κ3) is 4.17. The normalized spacial score (nSPS) is 26.0. The lowest BCUT2D eigenvalue weighted by Gasteiger charge is -2.42. The van der Waals surface area contributed by atoms with E-state index in [4.69, 9.17) is 4.74 Å². The molecular formula is C15H31N3O2. The van der Waals surface area contributed by atoms with Crippen molar-refractivity contribution >= 4 is 5.97 Å². The zero-order valence-corrected chi connectivity index (χ0v) is 13.9. The number of piperazine rings is 1. The van der Waals surface area contributed by atoms with Gasteiger partial charge in [0, 0.05) is 31.7 Å². The predicted octanol–water partition coefficient (Wildman–Crippen LogP) is 0.942. The number of ether oxygens (including phenoxy) is 1. The fourth-order valence-corrected chi connectivity index (χ4v) is 3.04. The second-order valence-electron chi connectivity index (χ2n) is 6.23. The second kappa shape index (κ2) is 7.38. The monoisotopic (exact) mass is 285 g/mol. The minimum absolute atomic E-state index is 0.173. The Bertz CT molecular complexity index is 324. The average molecular weight is 285 g/mol. The van der Waals surface area contributed by atoms with Crippen molar-refractivity contribution in [1.82, 2.24) is 15.1 Å². The van der Waals surface area contributed by atoms with Gasteiger partial charge in [-0.25, -0.2) is 0 Å². The molecule has 0 saturated carbocycles. The van der Waals surface area contributed by atoms with Crippen LogP contribution in [-0.2, 0) is 9.53 Å². The maximum absolute atomic E-state index is 12.0. The molecule has 0 aromatic rings. The van der Waals surface area contributed by atoms with Gasteiger partial charge in [0.05, 0.1) is 7.11 Å². The molecule has 0 aromatic heterocycles. The minimum atomic E-state index is -0.602. The highest BCUT2D eigenvalue weighted by molar-refractivity contribution is 5.80. The summed E-state index contributed by atoms with van der Waals surface area (Å²) in [5, 5.41) is 3.29. The molecule has 1 aliphatic heterocycles. The Labute approximate surface area is 123 Å². The molecule has 0 radical (unpaired) electrons. The van der Waals surface area contributed by atoms with Gasteiger partial charge in [0.25, 0.3) is 0 Å². The van der Waals surface area contributed by atoms with Gasteiger partial charge in [0.2, 0.25) is 0 Å². The molecule has 1 saturated heterocycles. The Hall–Kier alpha value is -0.650. The molecule has 1 heterocycles. The Balaban J connectivity index is 2.66. The average Bonchev–Trinajstić information content (AvgIpc) is 2.40. The second-order valence-corrected chi connectivity index (χ2v) is 6.23. The number of hydrogen-bond acceptors (Lipinski definition) is 5. The number of esters is 1. The highest BCUT2D eigenvalue weighted by Gasteiger charge is 2.37. The van der Waals surface area contributed by atoms with E-state index in [1.807, 2.05) is 13.8 Å². The molecule has 1 fully saturated rings. The van der Waals surface area contributed by atoms with Gasteiger partial charge < -0.3 is 15.0 Å². The first kappa shape index (κ1) is 17.4. The van der Waals surface area contributed by atoms with Crippen molar-refractivity contribution in [2.75, 3.05) is 40.3 Å². The fraction of sp³-hybridized carbons (Fsp3) is 0.933. The number of carbonyl (C=O) groups is 1. The fourth-order valence-electron chi connectivity index (χ4n) is 3.04. The summed E-state index contributed by atoms with van der Waals surface area (Å²) in [6.45, 7) is 12.4. The van der Waals surface area contributed by atoms with E-state index in [0.717, 1.165) is 32.6 Å². The molecule has 0 spiro atoms. The van der Waals surface area contributed by atoms with E-state index in [9.17, 15) is 4.79 Å². The van der Waals surface area contributed by atoms with Crippen molar-refractivity contribution in [3.05, 3.63) is 0 Å². The molecule has 1 N–H and O–H groups in total. The Kier molecular flexibility index (Phi) is 6.43. The Morgan fingerprint density at radius 1 is 1.50 bits per heavy atom. The minimum Gasteiger partial charge on any atom is -0.468 e. The Morgan fingerprint density at radius 3 is 2.65 bits per heavy atom. The third-order valence-corrected chi connectivity index (χ3v) is 4.52. The van der Waals surface area contributed by atoms with Crippen LogP contribution in [0.3, 0.4) is 0 Å². The van der Waals surface area contributed by atoms with Gasteiger partial charge in [-0.3, -0.25) is 9.69 Å². The number of carbonyl (C=O) groups excluding carboxylic acids is 1. The van der Waals surface area contributed by atoms with Gasteiger partial charge >= 0.3 is 5.97 Å². The van der Waals surface area contributed by atoms with Crippen molar-refractivity contribution in [3.63, 3.8) is 0 Å². The summed E-state index contributed by atoms with van der Waals surface area (Å²) in [5.74, 6) is -0.173. The molecule has 20 heavy (non-hydrogen) atoms. The molecule has 0 bridgehead atoms. The molecule has 0 amide bonds. The zero-order chi connectivity index (χ0) is 15.3. The third-order valence-electron chi connectivity index (χ3n) is 4.52. The van der Waals surface area contributed by atoms with Gasteiger partial charge in [0.1, 0.15) is 5.54 Å². The van der Waals surface area contributed by atoms with Crippen LogP contribution in [0.25, 0.3) is 0 Å². The summed E-state index contributed by atoms with van der Waals surface area (Å²) in [7, 11) is 3.63. The summed E-state index contributed by atoms with van der Waals surface area (Å²) in [5.41, 5.74) is -0.602. The van der Waals surface area contributed by atoms with Crippen LogP contribution in [0.15, 0.2) is 0 Å². The molecule has 118 valence electrons. The lowest BCUT2D eigenvalue weighted by molar-refractivity contribution is -0.148. The van der Waals surface area contributed by atoms with Crippen LogP contribution < -0.4 is 5.32 Å². The number of hydrogen-bond donors (Lipinski definition) is 1. The van der Waals surface area contributed by atoms with E-state index in [0.29, 0.717) is 12.1 Å². The molecule has 3 unspecified atom stereocenters. The summed E-state index contributed by atoms with van der Waals surface area (Å²) in [4.78, 5) is 16.9. The standard InChI is InChI=1S/C15H31N3O2/c1-7-16-15(4,14(19)20-6)10-12(2)18-9-8-17(5)13(3)11-18/h12-13,16H,7-11H2,1-6H3. The smallest absolute Gasteiger partial charge is 0.325 e. The van der Waals surface area contributed by atoms with Crippen LogP contribution in [0.4, 0.5) is 0 Å². The maximum atomic E-state index is 12.0. The van der Waals surface area contributed by atoms with E-state index >= 15 is 0 Å². The topological polar surface area (TPSA) is 44.8 Å². The summed E-state index contributed by atoms with van der Waals surface area (Å²) in [6, 6.07) is 0.920. The quantitative estimate of drug-likeness (QED) is 0.736. The molecule has 1 aliphatic rings. The van der Waals surface area contributed by atoms with Gasteiger partial charge in [-0.2, -0.15) is 0 Å². The largest absolute Gasteiger partial charge is 0.468 e. The highest BCUT2D eigenvalue weighted by Crippen LogP contribution is 2.20. The van der Waals surface area contributed by atoms with Gasteiger partial charge in [-0.15, -0.1) is 0 Å². The van der Waals surface area contributed by atoms with E-state index in [-0.39, 0.29) is 5.97 Å². The number of likely N-dealkylation sites (N-methyl/N-ethyl adjacent to an activating group) is 2. The van der Waals surface area contributed by atoms with Crippen molar-refractivity contribution in [3.8, 4) is 0 Å². The molecule has 5 nitrogen and oxygen atoms in total. The van der Waals surface area contributed by atoms with Crippen LogP contribution >= 0.6 is 0 Å². The molecular weight excluding hydrogens is 254 g/mol. The molecule has 5 heteroatoms. The van der Waals surface area contributed by atoms with Crippen LogP contribution in [0.5, 0.6) is 0 Å². The summed E-state index contributed by atoms with van der Waals surface area (Å²) < 4.78 is 4.97. The highest BCUT2D eigenvalue weighted by atomic mass is 16.5. The number of methoxy groups -OCH3 is 1. The van der Waals surface area contributed by atoms with Crippen LogP contribution in [0.1, 0.15) is 34.1 Å².